The molecule has 0 fully saturated rings. The summed E-state index contributed by atoms with van der Waals surface area (Å²) in [6.07, 6.45) is 4.14. The normalized spacial score (nSPS) is 12.3. The number of hydrogen-bond acceptors (Lipinski definition) is 4. The molecule has 7 heteroatoms. The Labute approximate surface area is 393 Å². The Morgan fingerprint density at radius 1 is 0.275 bits per heavy atom. The van der Waals surface area contributed by atoms with Crippen LogP contribution in [-0.2, 0) is 0 Å². The number of rotatable bonds is 5. The number of pyridine rings is 4. The fraction of sp³-hybridized carbons (Fsp3) is 0. The van der Waals surface area contributed by atoms with Gasteiger partial charge in [0.05, 0.1) is 96.0 Å². The molecule has 9 heterocycles. The number of aromatic nitrogens is 7. The molecule has 0 unspecified atom stereocenters. The van der Waals surface area contributed by atoms with E-state index in [1.165, 1.54) is 10.8 Å². The predicted octanol–water partition coefficient (Wildman–Crippen LogP) is 15.3. The van der Waals surface area contributed by atoms with Gasteiger partial charge in [0.25, 0.3) is 0 Å². The molecular weight excluding hydrogens is 843 g/mol. The molecule has 0 aliphatic heterocycles. The van der Waals surface area contributed by atoms with Gasteiger partial charge in [-0.2, -0.15) is 0 Å². The summed E-state index contributed by atoms with van der Waals surface area (Å²) in [4.78, 5) is 21.8. The van der Waals surface area contributed by atoms with E-state index in [4.69, 9.17) is 19.9 Å². The number of hydrogen-bond donors (Lipinski definition) is 0. The van der Waals surface area contributed by atoms with Crippen molar-refractivity contribution in [3.05, 3.63) is 213 Å². The van der Waals surface area contributed by atoms with Crippen LogP contribution in [0, 0.1) is 0 Å². The quantitative estimate of drug-likeness (QED) is 0.173. The smallest absolute Gasteiger partial charge is 0.0978 e. The van der Waals surface area contributed by atoms with Gasteiger partial charge in [0.15, 0.2) is 0 Å². The molecule has 0 radical (unpaired) electrons. The summed E-state index contributed by atoms with van der Waals surface area (Å²) in [6, 6.07) is 71.2. The van der Waals surface area contributed by atoms with Crippen molar-refractivity contribution in [3.63, 3.8) is 0 Å². The molecule has 0 amide bonds. The average molecular weight is 878 g/mol. The zero-order chi connectivity index (χ0) is 44.9. The van der Waals surface area contributed by atoms with E-state index in [-0.39, 0.29) is 0 Å². The molecule has 0 aliphatic rings. The van der Waals surface area contributed by atoms with Crippen LogP contribution < -0.4 is 0 Å². The van der Waals surface area contributed by atoms with E-state index in [9.17, 15) is 0 Å². The van der Waals surface area contributed by atoms with Crippen molar-refractivity contribution in [1.29, 1.82) is 0 Å². The van der Waals surface area contributed by atoms with Gasteiger partial charge in [-0.3, -0.25) is 9.97 Å². The Kier molecular flexibility index (Phi) is 7.22. The maximum Gasteiger partial charge on any atom is 0.0978 e. The van der Waals surface area contributed by atoms with Crippen LogP contribution in [0.4, 0.5) is 0 Å². The van der Waals surface area contributed by atoms with Gasteiger partial charge < -0.3 is 13.4 Å². The standard InChI is InChI=1S/C62H35N7/c1-5-17-36(18-6-1)48-30-42-44-32-50(38-21-9-3-10-22-38)65-56-46-29-47-57-59-45(33-51(66-57)39-23-11-4-12-24-39)43-31-49(37-19-7-2-8-20-37)64-35-55(43)69(59)61(47)62(60(46)68(58(44)56)54(42)34-63-48)67-52-27-15-13-25-40(52)41-26-14-16-28-53(41)67/h1-35H. The van der Waals surface area contributed by atoms with Crippen molar-refractivity contribution in [2.24, 2.45) is 0 Å². The molecule has 7 nitrogen and oxygen atoms in total. The minimum absolute atomic E-state index is 0.922. The Hall–Kier alpha value is -9.46. The van der Waals surface area contributed by atoms with Crippen LogP contribution in [-0.4, -0.2) is 33.3 Å². The van der Waals surface area contributed by atoms with Crippen molar-refractivity contribution in [2.45, 2.75) is 0 Å². The van der Waals surface area contributed by atoms with Crippen molar-refractivity contribution in [2.75, 3.05) is 0 Å². The third kappa shape index (κ3) is 4.94. The van der Waals surface area contributed by atoms with Gasteiger partial charge >= 0.3 is 0 Å². The predicted molar refractivity (Wildman–Crippen MR) is 283 cm³/mol. The Morgan fingerprint density at radius 3 is 1.06 bits per heavy atom. The minimum atomic E-state index is 0.922. The van der Waals surface area contributed by atoms with Gasteiger partial charge in [0.1, 0.15) is 0 Å². The maximum absolute atomic E-state index is 5.68. The van der Waals surface area contributed by atoms with Crippen LogP contribution in [0.3, 0.4) is 0 Å². The van der Waals surface area contributed by atoms with Crippen LogP contribution >= 0.6 is 0 Å². The van der Waals surface area contributed by atoms with E-state index in [1.807, 2.05) is 0 Å². The topological polar surface area (TPSA) is 65.3 Å². The summed E-state index contributed by atoms with van der Waals surface area (Å²) >= 11 is 0. The van der Waals surface area contributed by atoms with Gasteiger partial charge in [-0.25, -0.2) is 9.97 Å². The molecule has 0 N–H and O–H groups in total. The lowest BCUT2D eigenvalue weighted by molar-refractivity contribution is 1.17. The molecule has 0 saturated heterocycles. The second kappa shape index (κ2) is 13.6. The van der Waals surface area contributed by atoms with Crippen molar-refractivity contribution in [3.8, 4) is 50.7 Å². The zero-order valence-corrected chi connectivity index (χ0v) is 36.8. The SMILES string of the molecule is c1ccc(-c2cc3c4cc(-c5ccccc5)nc5c6cc7c8nc(-c9ccccc9)cc9c%10cc(-c%11ccccc%11)ncc%10n(c7c(-n7c%10ccccc%10c%10ccccc%107)c6n(c3cn2)c45)c98)cc1. The van der Waals surface area contributed by atoms with Crippen molar-refractivity contribution >= 4 is 98.3 Å². The molecule has 16 rings (SSSR count). The van der Waals surface area contributed by atoms with Crippen LogP contribution in [0.25, 0.3) is 149 Å². The van der Waals surface area contributed by atoms with E-state index in [2.05, 4.69) is 226 Å². The lowest BCUT2D eigenvalue weighted by Crippen LogP contribution is -2.00. The maximum atomic E-state index is 5.68. The fourth-order valence-corrected chi connectivity index (χ4v) is 11.6. The molecular formula is C62H35N7. The third-order valence-corrected chi connectivity index (χ3v) is 14.5. The largest absolute Gasteiger partial charge is 0.305 e. The fourth-order valence-electron chi connectivity index (χ4n) is 11.6. The summed E-state index contributed by atoms with van der Waals surface area (Å²) in [7, 11) is 0. The summed E-state index contributed by atoms with van der Waals surface area (Å²) in [5.41, 5.74) is 19.4. The molecule has 0 saturated carbocycles. The zero-order valence-electron chi connectivity index (χ0n) is 36.8. The molecule has 0 spiro atoms. The van der Waals surface area contributed by atoms with Gasteiger partial charge in [0.2, 0.25) is 0 Å². The lowest BCUT2D eigenvalue weighted by Gasteiger charge is -2.14. The monoisotopic (exact) mass is 877 g/mol. The second-order valence-corrected chi connectivity index (χ2v) is 18.2. The highest BCUT2D eigenvalue weighted by Crippen LogP contribution is 2.50. The molecule has 0 aliphatic carbocycles. The Morgan fingerprint density at radius 2 is 0.638 bits per heavy atom. The van der Waals surface area contributed by atoms with Crippen molar-refractivity contribution in [1.82, 2.24) is 33.3 Å². The van der Waals surface area contributed by atoms with E-state index in [1.54, 1.807) is 0 Å². The highest BCUT2D eigenvalue weighted by molar-refractivity contribution is 6.31. The van der Waals surface area contributed by atoms with Gasteiger partial charge in [-0.05, 0) is 42.5 Å². The molecule has 9 aromatic heterocycles. The highest BCUT2D eigenvalue weighted by atomic mass is 15.1. The molecule has 7 aromatic carbocycles. The molecule has 16 aromatic rings. The molecule has 0 bridgehead atoms. The first-order valence-corrected chi connectivity index (χ1v) is 23.4. The second-order valence-electron chi connectivity index (χ2n) is 18.2. The number of benzene rings is 7. The lowest BCUT2D eigenvalue weighted by atomic mass is 10.0. The highest BCUT2D eigenvalue weighted by Gasteiger charge is 2.31. The molecule has 318 valence electrons. The summed E-state index contributed by atoms with van der Waals surface area (Å²) in [5.74, 6) is 0. The first-order valence-electron chi connectivity index (χ1n) is 23.4. The van der Waals surface area contributed by atoms with Gasteiger partial charge in [0, 0.05) is 65.3 Å². The van der Waals surface area contributed by atoms with Crippen LogP contribution in [0.2, 0.25) is 0 Å². The van der Waals surface area contributed by atoms with Crippen LogP contribution in [0.1, 0.15) is 0 Å². The van der Waals surface area contributed by atoms with E-state index in [0.717, 1.165) is 138 Å². The van der Waals surface area contributed by atoms with Crippen molar-refractivity contribution < 1.29 is 0 Å². The van der Waals surface area contributed by atoms with Gasteiger partial charge in [-0.1, -0.05) is 158 Å². The van der Waals surface area contributed by atoms with E-state index < -0.39 is 0 Å². The van der Waals surface area contributed by atoms with Crippen LogP contribution in [0.5, 0.6) is 0 Å². The Bertz CT molecular complexity index is 4450. The Balaban J connectivity index is 1.17. The summed E-state index contributed by atoms with van der Waals surface area (Å²) < 4.78 is 7.42. The molecule has 0 atom stereocenters. The number of para-hydroxylation sites is 2. The molecule has 69 heavy (non-hydrogen) atoms. The van der Waals surface area contributed by atoms with E-state index in [0.29, 0.717) is 0 Å². The van der Waals surface area contributed by atoms with E-state index >= 15 is 0 Å². The van der Waals surface area contributed by atoms with Gasteiger partial charge in [-0.15, -0.1) is 0 Å². The number of nitrogens with zero attached hydrogens (tertiary/aromatic N) is 7. The first kappa shape index (κ1) is 36.7. The van der Waals surface area contributed by atoms with Crippen LogP contribution in [0.15, 0.2) is 213 Å². The summed E-state index contributed by atoms with van der Waals surface area (Å²) in [5, 5.41) is 9.00. The minimum Gasteiger partial charge on any atom is -0.305 e. The third-order valence-electron chi connectivity index (χ3n) is 14.5. The first-order chi connectivity index (χ1) is 34.2. The summed E-state index contributed by atoms with van der Waals surface area (Å²) in [6.45, 7) is 0. The average Bonchev–Trinajstić information content (AvgIpc) is 4.21. The number of fused-ring (bicyclic) bond motifs is 15.